The van der Waals surface area contributed by atoms with Crippen LogP contribution in [-0.2, 0) is 4.79 Å². The predicted octanol–water partition coefficient (Wildman–Crippen LogP) is 0.0213. The van der Waals surface area contributed by atoms with Gasteiger partial charge in [-0.15, -0.1) is 0 Å². The van der Waals surface area contributed by atoms with Crippen molar-refractivity contribution in [2.75, 3.05) is 26.2 Å². The van der Waals surface area contributed by atoms with E-state index in [2.05, 4.69) is 4.90 Å². The van der Waals surface area contributed by atoms with Crippen LogP contribution in [0.15, 0.2) is 0 Å². The molecule has 1 saturated heterocycles. The molecule has 4 nitrogen and oxygen atoms in total. The Balaban J connectivity index is 2.29. The van der Waals surface area contributed by atoms with E-state index in [-0.39, 0.29) is 18.4 Å². The summed E-state index contributed by atoms with van der Waals surface area (Å²) in [6.45, 7) is 4.43. The lowest BCUT2D eigenvalue weighted by Crippen LogP contribution is -2.29. The standard InChI is InChI=1S/C9H17NO3/c1-7(6-11)4-10-3-2-8(5-10)9(12)13/h7-8,11H,2-6H2,1H3,(H,12,13). The third-order valence-electron chi connectivity index (χ3n) is 2.50. The van der Waals surface area contributed by atoms with Crippen molar-refractivity contribution in [1.29, 1.82) is 0 Å². The molecule has 1 fully saturated rings. The summed E-state index contributed by atoms with van der Waals surface area (Å²) < 4.78 is 0. The Morgan fingerprint density at radius 2 is 2.38 bits per heavy atom. The highest BCUT2D eigenvalue weighted by Crippen LogP contribution is 2.17. The number of aliphatic carboxylic acids is 1. The summed E-state index contributed by atoms with van der Waals surface area (Å²) in [5.41, 5.74) is 0. The second-order valence-electron chi connectivity index (χ2n) is 3.87. The second kappa shape index (κ2) is 4.58. The van der Waals surface area contributed by atoms with E-state index in [1.165, 1.54) is 0 Å². The van der Waals surface area contributed by atoms with Gasteiger partial charge in [-0.05, 0) is 18.9 Å². The number of carboxylic acid groups (broad SMARTS) is 1. The van der Waals surface area contributed by atoms with Gasteiger partial charge in [-0.1, -0.05) is 6.92 Å². The number of aliphatic hydroxyl groups excluding tert-OH is 1. The number of likely N-dealkylation sites (tertiary alicyclic amines) is 1. The highest BCUT2D eigenvalue weighted by atomic mass is 16.4. The Morgan fingerprint density at radius 3 is 2.85 bits per heavy atom. The molecule has 4 heteroatoms. The zero-order valence-corrected chi connectivity index (χ0v) is 7.94. The maximum absolute atomic E-state index is 10.6. The average molecular weight is 187 g/mol. The van der Waals surface area contributed by atoms with Gasteiger partial charge in [0.05, 0.1) is 5.92 Å². The highest BCUT2D eigenvalue weighted by molar-refractivity contribution is 5.70. The van der Waals surface area contributed by atoms with E-state index in [9.17, 15) is 4.79 Å². The lowest BCUT2D eigenvalue weighted by Gasteiger charge is -2.18. The summed E-state index contributed by atoms with van der Waals surface area (Å²) in [5.74, 6) is -0.655. The van der Waals surface area contributed by atoms with Crippen LogP contribution < -0.4 is 0 Å². The van der Waals surface area contributed by atoms with Crippen LogP contribution in [-0.4, -0.2) is 47.3 Å². The van der Waals surface area contributed by atoms with E-state index in [0.717, 1.165) is 19.5 Å². The van der Waals surface area contributed by atoms with Crippen LogP contribution in [0, 0.1) is 11.8 Å². The normalized spacial score (nSPS) is 26.2. The molecule has 0 bridgehead atoms. The molecule has 0 aromatic heterocycles. The molecule has 0 amide bonds. The zero-order valence-electron chi connectivity index (χ0n) is 7.94. The first kappa shape index (κ1) is 10.5. The van der Waals surface area contributed by atoms with E-state index in [0.29, 0.717) is 6.54 Å². The van der Waals surface area contributed by atoms with E-state index in [4.69, 9.17) is 10.2 Å². The van der Waals surface area contributed by atoms with Gasteiger partial charge in [0.25, 0.3) is 0 Å². The molecule has 2 unspecified atom stereocenters. The van der Waals surface area contributed by atoms with Crippen molar-refractivity contribution in [3.63, 3.8) is 0 Å². The number of hydrogen-bond donors (Lipinski definition) is 2. The molecule has 1 rings (SSSR count). The molecule has 0 radical (unpaired) electrons. The summed E-state index contributed by atoms with van der Waals surface area (Å²) in [6.07, 6.45) is 0.744. The predicted molar refractivity (Wildman–Crippen MR) is 48.4 cm³/mol. The molecule has 76 valence electrons. The molecule has 0 saturated carbocycles. The summed E-state index contributed by atoms with van der Waals surface area (Å²) >= 11 is 0. The molecule has 13 heavy (non-hydrogen) atoms. The van der Waals surface area contributed by atoms with Crippen LogP contribution in [0.3, 0.4) is 0 Å². The van der Waals surface area contributed by atoms with Gasteiger partial charge in [0.15, 0.2) is 0 Å². The van der Waals surface area contributed by atoms with Crippen molar-refractivity contribution in [3.8, 4) is 0 Å². The van der Waals surface area contributed by atoms with Gasteiger partial charge in [0.1, 0.15) is 0 Å². The van der Waals surface area contributed by atoms with Crippen molar-refractivity contribution in [2.24, 2.45) is 11.8 Å². The van der Waals surface area contributed by atoms with E-state index in [1.807, 2.05) is 6.92 Å². The number of nitrogens with zero attached hydrogens (tertiary/aromatic N) is 1. The van der Waals surface area contributed by atoms with Crippen molar-refractivity contribution < 1.29 is 15.0 Å². The van der Waals surface area contributed by atoms with Crippen molar-refractivity contribution in [3.05, 3.63) is 0 Å². The number of hydrogen-bond acceptors (Lipinski definition) is 3. The maximum Gasteiger partial charge on any atom is 0.307 e. The van der Waals surface area contributed by atoms with Crippen LogP contribution in [0.4, 0.5) is 0 Å². The number of rotatable bonds is 4. The minimum Gasteiger partial charge on any atom is -0.481 e. The van der Waals surface area contributed by atoms with Gasteiger partial charge in [-0.25, -0.2) is 0 Å². The van der Waals surface area contributed by atoms with Crippen LogP contribution in [0.1, 0.15) is 13.3 Å². The summed E-state index contributed by atoms with van der Waals surface area (Å²) in [7, 11) is 0. The molecule has 0 aromatic rings. The lowest BCUT2D eigenvalue weighted by molar-refractivity contribution is -0.141. The van der Waals surface area contributed by atoms with Crippen molar-refractivity contribution in [1.82, 2.24) is 4.90 Å². The topological polar surface area (TPSA) is 60.8 Å². The van der Waals surface area contributed by atoms with Gasteiger partial charge in [0.2, 0.25) is 0 Å². The minimum absolute atomic E-state index is 0.175. The van der Waals surface area contributed by atoms with Gasteiger partial charge < -0.3 is 15.1 Å². The molecule has 0 aliphatic carbocycles. The van der Waals surface area contributed by atoms with Gasteiger partial charge >= 0.3 is 5.97 Å². The Morgan fingerprint density at radius 1 is 1.69 bits per heavy atom. The molecule has 2 N–H and O–H groups in total. The molecule has 1 aliphatic rings. The second-order valence-corrected chi connectivity index (χ2v) is 3.87. The first-order valence-corrected chi connectivity index (χ1v) is 4.69. The van der Waals surface area contributed by atoms with Crippen LogP contribution in [0.5, 0.6) is 0 Å². The highest BCUT2D eigenvalue weighted by Gasteiger charge is 2.28. The number of carboxylic acids is 1. The first-order chi connectivity index (χ1) is 6.13. The fraction of sp³-hybridized carbons (Fsp3) is 0.889. The van der Waals surface area contributed by atoms with E-state index in [1.54, 1.807) is 0 Å². The molecule has 0 spiro atoms. The van der Waals surface area contributed by atoms with Crippen LogP contribution in [0.2, 0.25) is 0 Å². The molecular weight excluding hydrogens is 170 g/mol. The average Bonchev–Trinajstić information content (AvgIpc) is 2.52. The Hall–Kier alpha value is -0.610. The quantitative estimate of drug-likeness (QED) is 0.651. The Kier molecular flexibility index (Phi) is 3.69. The van der Waals surface area contributed by atoms with Crippen molar-refractivity contribution in [2.45, 2.75) is 13.3 Å². The van der Waals surface area contributed by atoms with E-state index < -0.39 is 5.97 Å². The largest absolute Gasteiger partial charge is 0.481 e. The fourth-order valence-electron chi connectivity index (χ4n) is 1.70. The molecular formula is C9H17NO3. The maximum atomic E-state index is 10.6. The number of aliphatic hydroxyl groups is 1. The van der Waals surface area contributed by atoms with Crippen molar-refractivity contribution >= 4 is 5.97 Å². The van der Waals surface area contributed by atoms with Gasteiger partial charge in [-0.3, -0.25) is 4.79 Å². The molecule has 1 aliphatic heterocycles. The first-order valence-electron chi connectivity index (χ1n) is 4.69. The molecule has 2 atom stereocenters. The summed E-state index contributed by atoms with van der Waals surface area (Å²) in [6, 6.07) is 0. The SMILES string of the molecule is CC(CO)CN1CCC(C(=O)O)C1. The molecule has 1 heterocycles. The third-order valence-corrected chi connectivity index (χ3v) is 2.50. The third kappa shape index (κ3) is 2.97. The summed E-state index contributed by atoms with van der Waals surface area (Å²) in [4.78, 5) is 12.7. The number of carbonyl (C=O) groups is 1. The van der Waals surface area contributed by atoms with Gasteiger partial charge in [-0.2, -0.15) is 0 Å². The zero-order chi connectivity index (χ0) is 9.84. The van der Waals surface area contributed by atoms with E-state index >= 15 is 0 Å². The fourth-order valence-corrected chi connectivity index (χ4v) is 1.70. The Labute approximate surface area is 78.2 Å². The smallest absolute Gasteiger partial charge is 0.307 e. The summed E-state index contributed by atoms with van der Waals surface area (Å²) in [5, 5.41) is 17.6. The van der Waals surface area contributed by atoms with Crippen LogP contribution in [0.25, 0.3) is 0 Å². The Bertz CT molecular complexity index is 184. The van der Waals surface area contributed by atoms with Gasteiger partial charge in [0, 0.05) is 19.7 Å². The monoisotopic (exact) mass is 187 g/mol. The lowest BCUT2D eigenvalue weighted by atomic mass is 10.1. The van der Waals surface area contributed by atoms with Crippen LogP contribution >= 0.6 is 0 Å². The minimum atomic E-state index is -0.695. The molecule has 0 aromatic carbocycles.